The molecule has 2 fully saturated rings. The third-order valence-electron chi connectivity index (χ3n) is 4.84. The lowest BCUT2D eigenvalue weighted by molar-refractivity contribution is -0.137. The van der Waals surface area contributed by atoms with E-state index in [2.05, 4.69) is 0 Å². The van der Waals surface area contributed by atoms with Gasteiger partial charge in [0.05, 0.1) is 21.7 Å². The maximum atomic E-state index is 12.8. The van der Waals surface area contributed by atoms with Crippen molar-refractivity contribution in [1.29, 1.82) is 0 Å². The van der Waals surface area contributed by atoms with Crippen LogP contribution in [-0.2, 0) is 21.6 Å². The second kappa shape index (κ2) is 4.96. The molecule has 2 atom stereocenters. The molecule has 0 saturated carbocycles. The van der Waals surface area contributed by atoms with E-state index in [1.807, 2.05) is 0 Å². The van der Waals surface area contributed by atoms with Gasteiger partial charge in [-0.2, -0.15) is 13.2 Å². The van der Waals surface area contributed by atoms with E-state index in [1.54, 1.807) is 0 Å². The Hall–Kier alpha value is -1.08. The monoisotopic (exact) mass is 334 g/mol. The normalized spacial score (nSPS) is 34.4. The average molecular weight is 334 g/mol. The Bertz CT molecular complexity index is 662. The number of halogens is 3. The molecule has 22 heavy (non-hydrogen) atoms. The number of hydrogen-bond donors (Lipinski definition) is 1. The first-order valence-corrected chi connectivity index (χ1v) is 8.87. The highest BCUT2D eigenvalue weighted by Crippen LogP contribution is 2.46. The summed E-state index contributed by atoms with van der Waals surface area (Å²) in [6.07, 6.45) is -2.79. The van der Waals surface area contributed by atoms with Crippen LogP contribution in [0, 0.1) is 0 Å². The maximum absolute atomic E-state index is 12.8. The molecule has 0 aromatic heterocycles. The molecule has 2 heterocycles. The van der Waals surface area contributed by atoms with Gasteiger partial charge in [0.2, 0.25) is 0 Å². The van der Waals surface area contributed by atoms with Crippen LogP contribution >= 0.6 is 0 Å². The molecule has 0 amide bonds. The summed E-state index contributed by atoms with van der Waals surface area (Å²) in [5.41, 5.74) is -2.16. The van der Waals surface area contributed by atoms with Gasteiger partial charge in [-0.25, -0.2) is 8.42 Å². The molecule has 0 spiro atoms. The first kappa shape index (κ1) is 15.8. The Morgan fingerprint density at radius 2 is 1.73 bits per heavy atom. The van der Waals surface area contributed by atoms with Crippen LogP contribution in [0.4, 0.5) is 13.2 Å². The quantitative estimate of drug-likeness (QED) is 0.859. The first-order valence-electron chi connectivity index (χ1n) is 7.26. The van der Waals surface area contributed by atoms with Gasteiger partial charge in [-0.3, -0.25) is 0 Å². The molecule has 3 rings (SSSR count). The fourth-order valence-electron chi connectivity index (χ4n) is 3.67. The van der Waals surface area contributed by atoms with Crippen molar-refractivity contribution in [3.05, 3.63) is 35.4 Å². The highest BCUT2D eigenvalue weighted by molar-refractivity contribution is 7.92. The smallest absolute Gasteiger partial charge is 0.385 e. The fraction of sp³-hybridized carbons (Fsp3) is 0.600. The second-order valence-electron chi connectivity index (χ2n) is 6.28. The van der Waals surface area contributed by atoms with Crippen LogP contribution in [0.3, 0.4) is 0 Å². The minimum atomic E-state index is -4.48. The van der Waals surface area contributed by atoms with Gasteiger partial charge in [0, 0.05) is 0 Å². The van der Waals surface area contributed by atoms with Crippen LogP contribution in [-0.4, -0.2) is 24.0 Å². The Morgan fingerprint density at radius 3 is 2.27 bits per heavy atom. The number of aliphatic hydroxyl groups is 1. The lowest BCUT2D eigenvalue weighted by Gasteiger charge is -2.44. The molecule has 1 N–H and O–H groups in total. The standard InChI is InChI=1S/C15H17F3O3S/c16-15(17,18)11-4-1-3-10(7-11)14(19)8-12-5-2-6-13(9-14)22(12,20)21/h1,3-4,7,12-13,19H,2,5-6,8-9H2. The fourth-order valence-corrected chi connectivity index (χ4v) is 6.22. The zero-order valence-corrected chi connectivity index (χ0v) is 12.6. The van der Waals surface area contributed by atoms with Gasteiger partial charge in [0.1, 0.15) is 0 Å². The van der Waals surface area contributed by atoms with Crippen molar-refractivity contribution in [2.75, 3.05) is 0 Å². The molecule has 2 unspecified atom stereocenters. The number of hydrogen-bond acceptors (Lipinski definition) is 3. The number of alkyl halides is 3. The van der Waals surface area contributed by atoms with Gasteiger partial charge in [-0.15, -0.1) is 0 Å². The summed E-state index contributed by atoms with van der Waals surface area (Å²) < 4.78 is 63.0. The van der Waals surface area contributed by atoms with Crippen molar-refractivity contribution in [2.45, 2.75) is 54.4 Å². The molecule has 0 aliphatic carbocycles. The van der Waals surface area contributed by atoms with Crippen molar-refractivity contribution in [3.8, 4) is 0 Å². The van der Waals surface area contributed by atoms with Crippen LogP contribution in [0.1, 0.15) is 43.2 Å². The largest absolute Gasteiger partial charge is 0.416 e. The van der Waals surface area contributed by atoms with Crippen LogP contribution in [0.15, 0.2) is 24.3 Å². The molecular weight excluding hydrogens is 317 g/mol. The molecule has 1 aromatic carbocycles. The van der Waals surface area contributed by atoms with E-state index in [0.717, 1.165) is 18.6 Å². The average Bonchev–Trinajstić information content (AvgIpc) is 2.40. The third kappa shape index (κ3) is 2.54. The van der Waals surface area contributed by atoms with E-state index in [9.17, 15) is 26.7 Å². The van der Waals surface area contributed by atoms with Crippen molar-refractivity contribution < 1.29 is 26.7 Å². The van der Waals surface area contributed by atoms with E-state index < -0.39 is 37.7 Å². The summed E-state index contributed by atoms with van der Waals surface area (Å²) in [6.45, 7) is 0. The molecule has 2 bridgehead atoms. The van der Waals surface area contributed by atoms with E-state index in [0.29, 0.717) is 12.8 Å². The predicted molar refractivity (Wildman–Crippen MR) is 74.9 cm³/mol. The number of sulfone groups is 1. The molecule has 3 nitrogen and oxygen atoms in total. The third-order valence-corrected chi connectivity index (χ3v) is 7.50. The number of benzene rings is 1. The summed E-state index contributed by atoms with van der Waals surface area (Å²) in [4.78, 5) is 0. The van der Waals surface area contributed by atoms with E-state index in [1.165, 1.54) is 12.1 Å². The van der Waals surface area contributed by atoms with Crippen molar-refractivity contribution >= 4 is 9.84 Å². The molecule has 0 radical (unpaired) electrons. The molecule has 122 valence electrons. The second-order valence-corrected chi connectivity index (χ2v) is 8.79. The van der Waals surface area contributed by atoms with Crippen molar-refractivity contribution in [2.24, 2.45) is 0 Å². The lowest BCUT2D eigenvalue weighted by Crippen LogP contribution is -2.50. The summed E-state index contributed by atoms with van der Waals surface area (Å²) >= 11 is 0. The summed E-state index contributed by atoms with van der Waals surface area (Å²) in [5.74, 6) is 0. The van der Waals surface area contributed by atoms with E-state index >= 15 is 0 Å². The highest BCUT2D eigenvalue weighted by Gasteiger charge is 2.51. The van der Waals surface area contributed by atoms with Gasteiger partial charge in [-0.1, -0.05) is 18.6 Å². The van der Waals surface area contributed by atoms with Gasteiger partial charge in [-0.05, 0) is 43.4 Å². The topological polar surface area (TPSA) is 54.4 Å². The minimum Gasteiger partial charge on any atom is -0.385 e. The Balaban J connectivity index is 1.99. The van der Waals surface area contributed by atoms with Crippen LogP contribution < -0.4 is 0 Å². The van der Waals surface area contributed by atoms with E-state index in [4.69, 9.17) is 0 Å². The minimum absolute atomic E-state index is 0.0207. The Morgan fingerprint density at radius 1 is 1.14 bits per heavy atom. The highest BCUT2D eigenvalue weighted by atomic mass is 32.2. The summed E-state index contributed by atoms with van der Waals surface area (Å²) in [7, 11) is -3.27. The number of rotatable bonds is 1. The van der Waals surface area contributed by atoms with Gasteiger partial charge < -0.3 is 5.11 Å². The Labute approximate surface area is 127 Å². The summed E-state index contributed by atoms with van der Waals surface area (Å²) in [6, 6.07) is 4.60. The van der Waals surface area contributed by atoms with Gasteiger partial charge in [0.15, 0.2) is 9.84 Å². The van der Waals surface area contributed by atoms with E-state index in [-0.39, 0.29) is 18.4 Å². The maximum Gasteiger partial charge on any atom is 0.416 e. The van der Waals surface area contributed by atoms with Crippen molar-refractivity contribution in [1.82, 2.24) is 0 Å². The predicted octanol–water partition coefficient (Wildman–Crippen LogP) is 3.02. The van der Waals surface area contributed by atoms with Gasteiger partial charge >= 0.3 is 6.18 Å². The van der Waals surface area contributed by atoms with Crippen LogP contribution in [0.5, 0.6) is 0 Å². The van der Waals surface area contributed by atoms with Gasteiger partial charge in [0.25, 0.3) is 0 Å². The zero-order valence-electron chi connectivity index (χ0n) is 11.8. The zero-order chi connectivity index (χ0) is 16.2. The molecule has 2 aliphatic rings. The first-order chi connectivity index (χ1) is 10.1. The van der Waals surface area contributed by atoms with Crippen LogP contribution in [0.25, 0.3) is 0 Å². The SMILES string of the molecule is O=S1(=O)C2CCCC1CC(O)(c1cccc(C(F)(F)F)c1)C2. The Kier molecular flexibility index (Phi) is 3.56. The van der Waals surface area contributed by atoms with Crippen LogP contribution in [0.2, 0.25) is 0 Å². The molecule has 7 heteroatoms. The molecule has 2 saturated heterocycles. The van der Waals surface area contributed by atoms with Crippen molar-refractivity contribution in [3.63, 3.8) is 0 Å². The molecule has 1 aromatic rings. The number of fused-ring (bicyclic) bond motifs is 2. The molecular formula is C15H17F3O3S. The summed E-state index contributed by atoms with van der Waals surface area (Å²) in [5, 5.41) is 9.53. The lowest BCUT2D eigenvalue weighted by atomic mass is 9.80. The molecule has 2 aliphatic heterocycles.